The van der Waals surface area contributed by atoms with E-state index in [9.17, 15) is 0 Å². The van der Waals surface area contributed by atoms with Crippen LogP contribution in [0.4, 0.5) is 0 Å². The van der Waals surface area contributed by atoms with Crippen molar-refractivity contribution in [2.75, 3.05) is 7.11 Å². The van der Waals surface area contributed by atoms with Crippen molar-refractivity contribution in [2.24, 2.45) is 0 Å². The first-order valence-corrected chi connectivity index (χ1v) is 9.95. The molecule has 1 aromatic heterocycles. The van der Waals surface area contributed by atoms with Crippen molar-refractivity contribution in [3.63, 3.8) is 0 Å². The number of aromatic nitrogens is 1. The van der Waals surface area contributed by atoms with Gasteiger partial charge in [-0.15, -0.1) is 0 Å². The summed E-state index contributed by atoms with van der Waals surface area (Å²) in [7, 11) is 1.71. The van der Waals surface area contributed by atoms with Crippen LogP contribution in [-0.4, -0.2) is 11.7 Å². The Morgan fingerprint density at radius 3 is 1.67 bits per heavy atom. The van der Waals surface area contributed by atoms with E-state index in [1.54, 1.807) is 7.11 Å². The normalized spacial score (nSPS) is 11.4. The number of hydrogen-bond donors (Lipinski definition) is 0. The first-order chi connectivity index (χ1) is 13.2. The molecule has 0 spiro atoms. The Kier molecular flexibility index (Phi) is 4.89. The summed E-state index contributed by atoms with van der Waals surface area (Å²) in [5.41, 5.74) is 6.54. The van der Waals surface area contributed by atoms with Crippen molar-refractivity contribution in [1.82, 2.24) is 4.57 Å². The number of aryl methyl sites for hydroxylation is 2. The van der Waals surface area contributed by atoms with Crippen molar-refractivity contribution >= 4 is 21.8 Å². The van der Waals surface area contributed by atoms with Gasteiger partial charge in [-0.3, -0.25) is 0 Å². The van der Waals surface area contributed by atoms with Crippen LogP contribution in [0.2, 0.25) is 0 Å². The Bertz CT molecular complexity index is 1010. The molecule has 0 atom stereocenters. The summed E-state index contributed by atoms with van der Waals surface area (Å²) >= 11 is 0. The van der Waals surface area contributed by atoms with Gasteiger partial charge in [-0.25, -0.2) is 0 Å². The molecule has 27 heavy (non-hydrogen) atoms. The highest BCUT2D eigenvalue weighted by molar-refractivity contribution is 6.09. The molecule has 138 valence electrons. The van der Waals surface area contributed by atoms with Gasteiger partial charge >= 0.3 is 0 Å². The van der Waals surface area contributed by atoms with E-state index in [0.29, 0.717) is 0 Å². The summed E-state index contributed by atoms with van der Waals surface area (Å²) in [6.07, 6.45) is 4.59. The minimum atomic E-state index is 0.884. The number of methoxy groups -OCH3 is 1. The molecule has 0 saturated heterocycles. The fourth-order valence-corrected chi connectivity index (χ4v) is 4.02. The molecule has 4 rings (SSSR count). The second-order valence-corrected chi connectivity index (χ2v) is 7.24. The molecule has 0 aliphatic heterocycles. The van der Waals surface area contributed by atoms with Crippen LogP contribution in [0.1, 0.15) is 37.8 Å². The fraction of sp³-hybridized carbons (Fsp3) is 0.280. The van der Waals surface area contributed by atoms with Gasteiger partial charge in [-0.05, 0) is 72.5 Å². The Morgan fingerprint density at radius 2 is 1.22 bits per heavy atom. The maximum Gasteiger partial charge on any atom is 0.119 e. The van der Waals surface area contributed by atoms with Crippen molar-refractivity contribution in [3.8, 4) is 11.4 Å². The number of rotatable bonds is 6. The molecule has 2 nitrogen and oxygen atoms in total. The number of hydrogen-bond acceptors (Lipinski definition) is 1. The van der Waals surface area contributed by atoms with E-state index >= 15 is 0 Å². The van der Waals surface area contributed by atoms with E-state index in [1.165, 1.54) is 51.5 Å². The van der Waals surface area contributed by atoms with Crippen LogP contribution < -0.4 is 4.74 Å². The van der Waals surface area contributed by atoms with Gasteiger partial charge in [0, 0.05) is 16.5 Å². The van der Waals surface area contributed by atoms with Crippen LogP contribution in [0.25, 0.3) is 27.5 Å². The highest BCUT2D eigenvalue weighted by Crippen LogP contribution is 2.34. The summed E-state index contributed by atoms with van der Waals surface area (Å²) in [4.78, 5) is 0. The lowest BCUT2D eigenvalue weighted by Gasteiger charge is -2.09. The molecule has 4 aromatic rings. The lowest BCUT2D eigenvalue weighted by Crippen LogP contribution is -1.94. The molecule has 0 aliphatic carbocycles. The van der Waals surface area contributed by atoms with E-state index in [0.717, 1.165) is 18.6 Å². The van der Waals surface area contributed by atoms with Crippen LogP contribution >= 0.6 is 0 Å². The summed E-state index contributed by atoms with van der Waals surface area (Å²) in [5, 5.41) is 2.70. The number of nitrogens with zero attached hydrogens (tertiary/aromatic N) is 1. The van der Waals surface area contributed by atoms with E-state index in [2.05, 4.69) is 66.9 Å². The predicted octanol–water partition coefficient (Wildman–Crippen LogP) is 6.70. The standard InChI is InChI=1S/C25H27NO/c1-4-6-18-8-14-24-22(16-18)23-17-19(7-5-2)9-15-25(23)26(24)20-10-12-21(27-3)13-11-20/h8-17H,4-7H2,1-3H3. The van der Waals surface area contributed by atoms with E-state index in [1.807, 2.05) is 12.1 Å². The Balaban J connectivity index is 2.00. The van der Waals surface area contributed by atoms with Crippen molar-refractivity contribution < 1.29 is 4.74 Å². The third kappa shape index (κ3) is 3.21. The van der Waals surface area contributed by atoms with E-state index in [-0.39, 0.29) is 0 Å². The van der Waals surface area contributed by atoms with Gasteiger partial charge in [0.2, 0.25) is 0 Å². The van der Waals surface area contributed by atoms with Crippen LogP contribution in [0.3, 0.4) is 0 Å². The van der Waals surface area contributed by atoms with Gasteiger partial charge < -0.3 is 9.30 Å². The number of benzene rings is 3. The van der Waals surface area contributed by atoms with Crippen LogP contribution in [0.15, 0.2) is 60.7 Å². The second-order valence-electron chi connectivity index (χ2n) is 7.24. The Hall–Kier alpha value is -2.74. The molecule has 1 heterocycles. The summed E-state index contributed by atoms with van der Waals surface area (Å²) in [5.74, 6) is 0.884. The Labute approximate surface area is 161 Å². The topological polar surface area (TPSA) is 14.2 Å². The Morgan fingerprint density at radius 1 is 0.704 bits per heavy atom. The third-order valence-electron chi connectivity index (χ3n) is 5.30. The molecule has 0 unspecified atom stereocenters. The predicted molar refractivity (Wildman–Crippen MR) is 115 cm³/mol. The summed E-state index contributed by atoms with van der Waals surface area (Å²) in [6.45, 7) is 4.48. The lowest BCUT2D eigenvalue weighted by molar-refractivity contribution is 0.415. The SMILES string of the molecule is CCCc1ccc2c(c1)c1cc(CCC)ccc1n2-c1ccc(OC)cc1. The fourth-order valence-electron chi connectivity index (χ4n) is 4.02. The highest BCUT2D eigenvalue weighted by Gasteiger charge is 2.13. The minimum absolute atomic E-state index is 0.884. The zero-order valence-electron chi connectivity index (χ0n) is 16.5. The molecule has 3 aromatic carbocycles. The summed E-state index contributed by atoms with van der Waals surface area (Å²) in [6, 6.07) is 22.2. The van der Waals surface area contributed by atoms with Crippen molar-refractivity contribution in [3.05, 3.63) is 71.8 Å². The quantitative estimate of drug-likeness (QED) is 0.374. The molecule has 0 radical (unpaired) electrons. The van der Waals surface area contributed by atoms with Gasteiger partial charge in [-0.1, -0.05) is 38.8 Å². The zero-order chi connectivity index (χ0) is 18.8. The van der Waals surface area contributed by atoms with Gasteiger partial charge in [0.05, 0.1) is 18.1 Å². The largest absolute Gasteiger partial charge is 0.497 e. The highest BCUT2D eigenvalue weighted by atomic mass is 16.5. The smallest absolute Gasteiger partial charge is 0.119 e. The average Bonchev–Trinajstić information content (AvgIpc) is 3.02. The van der Waals surface area contributed by atoms with Gasteiger partial charge in [0.25, 0.3) is 0 Å². The zero-order valence-corrected chi connectivity index (χ0v) is 16.5. The molecular formula is C25H27NO. The lowest BCUT2D eigenvalue weighted by atomic mass is 10.0. The molecule has 0 aliphatic rings. The third-order valence-corrected chi connectivity index (χ3v) is 5.30. The molecule has 2 heteroatoms. The van der Waals surface area contributed by atoms with Crippen molar-refractivity contribution in [1.29, 1.82) is 0 Å². The monoisotopic (exact) mass is 357 g/mol. The number of fused-ring (bicyclic) bond motifs is 3. The first kappa shape index (κ1) is 17.7. The molecule has 0 N–H and O–H groups in total. The minimum Gasteiger partial charge on any atom is -0.497 e. The van der Waals surface area contributed by atoms with Gasteiger partial charge in [0.1, 0.15) is 5.75 Å². The van der Waals surface area contributed by atoms with Gasteiger partial charge in [0.15, 0.2) is 0 Å². The molecule has 0 bridgehead atoms. The van der Waals surface area contributed by atoms with Crippen molar-refractivity contribution in [2.45, 2.75) is 39.5 Å². The molecule has 0 fully saturated rings. The van der Waals surface area contributed by atoms with Crippen LogP contribution in [0, 0.1) is 0 Å². The number of ether oxygens (including phenoxy) is 1. The molecule has 0 saturated carbocycles. The molecule has 0 amide bonds. The van der Waals surface area contributed by atoms with E-state index in [4.69, 9.17) is 4.74 Å². The molecular weight excluding hydrogens is 330 g/mol. The second kappa shape index (κ2) is 7.48. The summed E-state index contributed by atoms with van der Waals surface area (Å²) < 4.78 is 7.71. The first-order valence-electron chi connectivity index (χ1n) is 9.95. The maximum absolute atomic E-state index is 5.34. The average molecular weight is 357 g/mol. The van der Waals surface area contributed by atoms with Crippen LogP contribution in [0.5, 0.6) is 5.75 Å². The van der Waals surface area contributed by atoms with Crippen LogP contribution in [-0.2, 0) is 12.8 Å². The maximum atomic E-state index is 5.34. The van der Waals surface area contributed by atoms with Gasteiger partial charge in [-0.2, -0.15) is 0 Å². The van der Waals surface area contributed by atoms with E-state index < -0.39 is 0 Å².